The molecule has 1 aliphatic rings. The first-order valence-corrected chi connectivity index (χ1v) is 10.6. The molecular formula is C24H32N2O5. The summed E-state index contributed by atoms with van der Waals surface area (Å²) in [5.74, 6) is -0.158. The molecule has 1 aliphatic heterocycles. The van der Waals surface area contributed by atoms with E-state index in [4.69, 9.17) is 0 Å². The quantitative estimate of drug-likeness (QED) is 0.439. The van der Waals surface area contributed by atoms with Crippen LogP contribution >= 0.6 is 0 Å². The minimum atomic E-state index is -0.878. The molecular weight excluding hydrogens is 396 g/mol. The molecule has 7 nitrogen and oxygen atoms in total. The van der Waals surface area contributed by atoms with Crippen molar-refractivity contribution < 1.29 is 25.2 Å². The van der Waals surface area contributed by atoms with Gasteiger partial charge in [0.1, 0.15) is 11.5 Å². The van der Waals surface area contributed by atoms with E-state index in [1.54, 1.807) is 4.90 Å². The van der Waals surface area contributed by atoms with Gasteiger partial charge in [0.05, 0.1) is 18.6 Å². The molecule has 0 aromatic heterocycles. The summed E-state index contributed by atoms with van der Waals surface area (Å²) < 4.78 is 0. The van der Waals surface area contributed by atoms with Crippen LogP contribution in [0.4, 0.5) is 0 Å². The minimum absolute atomic E-state index is 0.0311. The number of likely N-dealkylation sites (tertiary alicyclic amines) is 1. The first kappa shape index (κ1) is 23.1. The van der Waals surface area contributed by atoms with E-state index in [0.717, 1.165) is 11.1 Å². The zero-order valence-electron chi connectivity index (χ0n) is 18.1. The van der Waals surface area contributed by atoms with Gasteiger partial charge in [-0.1, -0.05) is 24.3 Å². The second-order valence-electron chi connectivity index (χ2n) is 9.02. The molecule has 0 radical (unpaired) electrons. The number of carbonyl (C=O) groups is 1. The van der Waals surface area contributed by atoms with Crippen molar-refractivity contribution in [3.05, 3.63) is 59.2 Å². The Morgan fingerprint density at radius 1 is 1.16 bits per heavy atom. The molecule has 3 rings (SSSR count). The van der Waals surface area contributed by atoms with E-state index >= 15 is 0 Å². The number of aliphatic hydroxyl groups is 2. The van der Waals surface area contributed by atoms with E-state index < -0.39 is 12.2 Å². The van der Waals surface area contributed by atoms with Crippen LogP contribution < -0.4 is 5.32 Å². The van der Waals surface area contributed by atoms with Crippen LogP contribution in [-0.2, 0) is 17.6 Å². The maximum atomic E-state index is 12.5. The van der Waals surface area contributed by atoms with Crippen LogP contribution in [0.15, 0.2) is 42.5 Å². The Morgan fingerprint density at radius 2 is 1.84 bits per heavy atom. The fourth-order valence-corrected chi connectivity index (χ4v) is 3.98. The van der Waals surface area contributed by atoms with Gasteiger partial charge >= 0.3 is 0 Å². The van der Waals surface area contributed by atoms with Crippen molar-refractivity contribution in [2.24, 2.45) is 0 Å². The van der Waals surface area contributed by atoms with Gasteiger partial charge in [-0.3, -0.25) is 4.79 Å². The van der Waals surface area contributed by atoms with E-state index in [1.807, 2.05) is 38.1 Å². The van der Waals surface area contributed by atoms with E-state index in [9.17, 15) is 25.2 Å². The van der Waals surface area contributed by atoms with Gasteiger partial charge in [-0.15, -0.1) is 0 Å². The molecule has 2 atom stereocenters. The number of benzene rings is 2. The van der Waals surface area contributed by atoms with Gasteiger partial charge in [-0.05, 0) is 55.5 Å². The zero-order valence-corrected chi connectivity index (χ0v) is 18.1. The maximum absolute atomic E-state index is 12.5. The maximum Gasteiger partial charge on any atom is 0.227 e. The number of aliphatic hydroxyl groups excluding tert-OH is 2. The van der Waals surface area contributed by atoms with Crippen LogP contribution in [0.2, 0.25) is 0 Å². The number of phenols is 2. The van der Waals surface area contributed by atoms with Crippen molar-refractivity contribution in [1.82, 2.24) is 10.2 Å². The number of carbonyl (C=O) groups excluding carboxylic acids is 1. The Bertz CT molecular complexity index is 894. The zero-order chi connectivity index (χ0) is 22.6. The van der Waals surface area contributed by atoms with Gasteiger partial charge in [-0.2, -0.15) is 0 Å². The molecule has 0 spiro atoms. The summed E-state index contributed by atoms with van der Waals surface area (Å²) >= 11 is 0. The second-order valence-corrected chi connectivity index (χ2v) is 9.02. The molecule has 1 saturated heterocycles. The lowest BCUT2D eigenvalue weighted by molar-refractivity contribution is -0.129. The van der Waals surface area contributed by atoms with Crippen LogP contribution in [0.25, 0.3) is 0 Å². The molecule has 2 aromatic carbocycles. The summed E-state index contributed by atoms with van der Waals surface area (Å²) in [4.78, 5) is 14.2. The highest BCUT2D eigenvalue weighted by atomic mass is 16.3. The van der Waals surface area contributed by atoms with Crippen LogP contribution in [0, 0.1) is 0 Å². The molecule has 2 aromatic rings. The Morgan fingerprint density at radius 3 is 2.48 bits per heavy atom. The molecule has 1 amide bonds. The van der Waals surface area contributed by atoms with Gasteiger partial charge in [0.2, 0.25) is 5.91 Å². The summed E-state index contributed by atoms with van der Waals surface area (Å²) in [6.07, 6.45) is 0.349. The third-order valence-electron chi connectivity index (χ3n) is 5.59. The number of hydrogen-bond acceptors (Lipinski definition) is 6. The number of amides is 1. The first-order chi connectivity index (χ1) is 14.6. The number of rotatable bonds is 8. The largest absolute Gasteiger partial charge is 0.508 e. The molecule has 1 fully saturated rings. The summed E-state index contributed by atoms with van der Waals surface area (Å²) in [6.45, 7) is 5.34. The SMILES string of the molecule is CC(C)(Cc1cccc(CC(=O)N2CCC(O)C2)c1)NCC(O)c1cc(O)cc(O)c1. The Hall–Kier alpha value is -2.61. The number of aromatic hydroxyl groups is 2. The fourth-order valence-electron chi connectivity index (χ4n) is 3.98. The number of β-amino-alcohol motifs (C(OH)–C–C–N with tert-alkyl or cyclic N) is 2. The molecule has 7 heteroatoms. The highest BCUT2D eigenvalue weighted by Gasteiger charge is 2.25. The van der Waals surface area contributed by atoms with E-state index in [0.29, 0.717) is 37.9 Å². The molecule has 0 saturated carbocycles. The average molecular weight is 429 g/mol. The van der Waals surface area contributed by atoms with Crippen molar-refractivity contribution in [2.75, 3.05) is 19.6 Å². The lowest BCUT2D eigenvalue weighted by Crippen LogP contribution is -2.43. The number of nitrogens with zero attached hydrogens (tertiary/aromatic N) is 1. The lowest BCUT2D eigenvalue weighted by atomic mass is 9.93. The number of nitrogens with one attached hydrogen (secondary N) is 1. The average Bonchev–Trinajstić information content (AvgIpc) is 3.12. The third kappa shape index (κ3) is 6.69. The van der Waals surface area contributed by atoms with Crippen LogP contribution in [0.5, 0.6) is 11.5 Å². The summed E-state index contributed by atoms with van der Waals surface area (Å²) in [6, 6.07) is 12.0. The molecule has 2 unspecified atom stereocenters. The van der Waals surface area contributed by atoms with Crippen molar-refractivity contribution in [1.29, 1.82) is 0 Å². The summed E-state index contributed by atoms with van der Waals surface area (Å²) in [5.41, 5.74) is 2.12. The molecule has 0 aliphatic carbocycles. The van der Waals surface area contributed by atoms with Gasteiger partial charge < -0.3 is 30.6 Å². The topological polar surface area (TPSA) is 113 Å². The van der Waals surface area contributed by atoms with Crippen molar-refractivity contribution in [2.45, 2.75) is 50.9 Å². The minimum Gasteiger partial charge on any atom is -0.508 e. The van der Waals surface area contributed by atoms with E-state index in [1.165, 1.54) is 18.2 Å². The van der Waals surface area contributed by atoms with Gasteiger partial charge in [0, 0.05) is 31.2 Å². The normalized spacial score (nSPS) is 17.7. The standard InChI is InChI=1S/C24H32N2O5/c1-24(2,25-14-22(30)18-10-20(28)12-21(29)11-18)13-17-5-3-4-16(8-17)9-23(31)26-7-6-19(27)15-26/h3-5,8,10-12,19,22,25,27-30H,6-7,9,13-15H2,1-2H3. The fraction of sp³-hybridized carbons (Fsp3) is 0.458. The van der Waals surface area contributed by atoms with Gasteiger partial charge in [0.15, 0.2) is 0 Å². The first-order valence-electron chi connectivity index (χ1n) is 10.6. The van der Waals surface area contributed by atoms with Crippen LogP contribution in [0.1, 0.15) is 43.1 Å². The number of hydrogen-bond donors (Lipinski definition) is 5. The molecule has 31 heavy (non-hydrogen) atoms. The van der Waals surface area contributed by atoms with Crippen molar-refractivity contribution in [3.63, 3.8) is 0 Å². The van der Waals surface area contributed by atoms with E-state index in [2.05, 4.69) is 5.32 Å². The smallest absolute Gasteiger partial charge is 0.227 e. The van der Waals surface area contributed by atoms with Gasteiger partial charge in [-0.25, -0.2) is 0 Å². The van der Waals surface area contributed by atoms with Gasteiger partial charge in [0.25, 0.3) is 0 Å². The Labute approximate surface area is 183 Å². The van der Waals surface area contributed by atoms with Crippen LogP contribution in [0.3, 0.4) is 0 Å². The predicted molar refractivity (Wildman–Crippen MR) is 118 cm³/mol. The van der Waals surface area contributed by atoms with Crippen LogP contribution in [-0.4, -0.2) is 62.5 Å². The predicted octanol–water partition coefficient (Wildman–Crippen LogP) is 1.88. The second kappa shape index (κ2) is 9.68. The molecule has 168 valence electrons. The van der Waals surface area contributed by atoms with Crippen molar-refractivity contribution >= 4 is 5.91 Å². The molecule has 1 heterocycles. The molecule has 5 N–H and O–H groups in total. The Balaban J connectivity index is 1.56. The molecule has 0 bridgehead atoms. The third-order valence-corrected chi connectivity index (χ3v) is 5.59. The number of phenolic OH excluding ortho intramolecular Hbond substituents is 2. The Kier molecular flexibility index (Phi) is 7.20. The lowest BCUT2D eigenvalue weighted by Gasteiger charge is -2.28. The highest BCUT2D eigenvalue weighted by molar-refractivity contribution is 5.79. The summed E-state index contributed by atoms with van der Waals surface area (Å²) in [5, 5.41) is 42.6. The van der Waals surface area contributed by atoms with Crippen molar-refractivity contribution in [3.8, 4) is 11.5 Å². The van der Waals surface area contributed by atoms with E-state index in [-0.39, 0.29) is 29.5 Å². The highest BCUT2D eigenvalue weighted by Crippen LogP contribution is 2.25. The monoisotopic (exact) mass is 428 g/mol. The summed E-state index contributed by atoms with van der Waals surface area (Å²) in [7, 11) is 0.